The standard InChI is InChI=1S/C7H10N4O3/c1-3-8-7-9-4-5(11(12)13)6(10-7)14-2/h4H,3H2,1-2H3,(H,8,9,10). The van der Waals surface area contributed by atoms with Crippen molar-refractivity contribution < 1.29 is 9.66 Å². The average molecular weight is 198 g/mol. The Morgan fingerprint density at radius 3 is 2.93 bits per heavy atom. The molecule has 0 fully saturated rings. The predicted molar refractivity (Wildman–Crippen MR) is 49.4 cm³/mol. The Hall–Kier alpha value is -1.92. The van der Waals surface area contributed by atoms with Gasteiger partial charge in [0.25, 0.3) is 5.88 Å². The topological polar surface area (TPSA) is 90.2 Å². The number of anilines is 1. The predicted octanol–water partition coefficient (Wildman–Crippen LogP) is 0.825. The normalized spacial score (nSPS) is 9.57. The van der Waals surface area contributed by atoms with Gasteiger partial charge in [0.2, 0.25) is 5.95 Å². The Morgan fingerprint density at radius 2 is 2.43 bits per heavy atom. The first kappa shape index (κ1) is 10.2. The maximum Gasteiger partial charge on any atom is 0.349 e. The molecule has 0 aliphatic heterocycles. The van der Waals surface area contributed by atoms with Crippen molar-refractivity contribution in [3.05, 3.63) is 16.3 Å². The molecule has 0 aliphatic rings. The summed E-state index contributed by atoms with van der Waals surface area (Å²) >= 11 is 0. The van der Waals surface area contributed by atoms with E-state index in [-0.39, 0.29) is 11.6 Å². The van der Waals surface area contributed by atoms with Gasteiger partial charge in [-0.2, -0.15) is 4.98 Å². The Labute approximate surface area is 80.3 Å². The number of aromatic nitrogens is 2. The highest BCUT2D eigenvalue weighted by molar-refractivity contribution is 5.42. The lowest BCUT2D eigenvalue weighted by molar-refractivity contribution is -0.386. The molecule has 76 valence electrons. The number of rotatable bonds is 4. The van der Waals surface area contributed by atoms with Crippen LogP contribution in [0, 0.1) is 10.1 Å². The van der Waals surface area contributed by atoms with Gasteiger partial charge in [0, 0.05) is 6.54 Å². The van der Waals surface area contributed by atoms with Crippen molar-refractivity contribution >= 4 is 11.6 Å². The molecular formula is C7H10N4O3. The van der Waals surface area contributed by atoms with Crippen molar-refractivity contribution in [3.63, 3.8) is 0 Å². The van der Waals surface area contributed by atoms with E-state index in [1.807, 2.05) is 6.92 Å². The third-order valence-electron chi connectivity index (χ3n) is 1.46. The molecule has 7 heteroatoms. The Morgan fingerprint density at radius 1 is 1.71 bits per heavy atom. The molecular weight excluding hydrogens is 188 g/mol. The third-order valence-corrected chi connectivity index (χ3v) is 1.46. The van der Waals surface area contributed by atoms with Crippen LogP contribution < -0.4 is 10.1 Å². The first-order chi connectivity index (χ1) is 6.69. The molecule has 0 amide bonds. The van der Waals surface area contributed by atoms with Crippen LogP contribution >= 0.6 is 0 Å². The van der Waals surface area contributed by atoms with Gasteiger partial charge in [0.15, 0.2) is 0 Å². The molecule has 0 saturated carbocycles. The first-order valence-electron chi connectivity index (χ1n) is 3.98. The van der Waals surface area contributed by atoms with Gasteiger partial charge in [-0.3, -0.25) is 10.1 Å². The summed E-state index contributed by atoms with van der Waals surface area (Å²) in [6.45, 7) is 2.51. The fraction of sp³-hybridized carbons (Fsp3) is 0.429. The number of nitro groups is 1. The van der Waals surface area contributed by atoms with Crippen LogP contribution in [0.5, 0.6) is 5.88 Å². The van der Waals surface area contributed by atoms with E-state index in [9.17, 15) is 10.1 Å². The van der Waals surface area contributed by atoms with Crippen LogP contribution in [0.3, 0.4) is 0 Å². The van der Waals surface area contributed by atoms with Crippen LogP contribution in [0.15, 0.2) is 6.20 Å². The van der Waals surface area contributed by atoms with Gasteiger partial charge in [0.1, 0.15) is 6.20 Å². The highest BCUT2D eigenvalue weighted by Gasteiger charge is 2.17. The average Bonchev–Trinajstić information content (AvgIpc) is 2.17. The van der Waals surface area contributed by atoms with Gasteiger partial charge in [-0.1, -0.05) is 0 Å². The van der Waals surface area contributed by atoms with Gasteiger partial charge in [-0.05, 0) is 6.92 Å². The molecule has 0 spiro atoms. The van der Waals surface area contributed by atoms with E-state index in [0.717, 1.165) is 6.20 Å². The van der Waals surface area contributed by atoms with E-state index < -0.39 is 4.92 Å². The van der Waals surface area contributed by atoms with Crippen LogP contribution in [0.25, 0.3) is 0 Å². The highest BCUT2D eigenvalue weighted by atomic mass is 16.6. The smallest absolute Gasteiger partial charge is 0.349 e. The number of nitrogens with one attached hydrogen (secondary N) is 1. The molecule has 0 radical (unpaired) electrons. The Bertz CT molecular complexity index is 342. The number of methoxy groups -OCH3 is 1. The van der Waals surface area contributed by atoms with Gasteiger partial charge in [0.05, 0.1) is 12.0 Å². The summed E-state index contributed by atoms with van der Waals surface area (Å²) in [5.74, 6) is 0.274. The number of ether oxygens (including phenoxy) is 1. The number of hydrogen-bond donors (Lipinski definition) is 1. The highest BCUT2D eigenvalue weighted by Crippen LogP contribution is 2.23. The number of hydrogen-bond acceptors (Lipinski definition) is 6. The summed E-state index contributed by atoms with van der Waals surface area (Å²) in [6.07, 6.45) is 1.11. The van der Waals surface area contributed by atoms with Crippen LogP contribution in [0.1, 0.15) is 6.92 Å². The van der Waals surface area contributed by atoms with Gasteiger partial charge in [-0.15, -0.1) is 0 Å². The minimum absolute atomic E-state index is 0.0408. The largest absolute Gasteiger partial charge is 0.476 e. The zero-order valence-corrected chi connectivity index (χ0v) is 7.85. The fourth-order valence-corrected chi connectivity index (χ4v) is 0.879. The van der Waals surface area contributed by atoms with E-state index >= 15 is 0 Å². The third kappa shape index (κ3) is 2.06. The first-order valence-corrected chi connectivity index (χ1v) is 3.98. The summed E-state index contributed by atoms with van der Waals surface area (Å²) in [5, 5.41) is 13.3. The van der Waals surface area contributed by atoms with E-state index in [0.29, 0.717) is 12.5 Å². The second kappa shape index (κ2) is 4.35. The summed E-state index contributed by atoms with van der Waals surface area (Å²) in [4.78, 5) is 17.5. The second-order valence-electron chi connectivity index (χ2n) is 2.38. The van der Waals surface area contributed by atoms with Crippen molar-refractivity contribution in [2.75, 3.05) is 19.0 Å². The molecule has 1 aromatic rings. The molecule has 0 atom stereocenters. The molecule has 0 aliphatic carbocycles. The van der Waals surface area contributed by atoms with Gasteiger partial charge >= 0.3 is 5.69 Å². The Kier molecular flexibility index (Phi) is 3.16. The summed E-state index contributed by atoms with van der Waals surface area (Å²) in [7, 11) is 1.32. The molecule has 1 aromatic heterocycles. The maximum absolute atomic E-state index is 10.5. The van der Waals surface area contributed by atoms with Crippen molar-refractivity contribution in [3.8, 4) is 5.88 Å². The molecule has 1 heterocycles. The molecule has 1 N–H and O–H groups in total. The van der Waals surface area contributed by atoms with E-state index in [4.69, 9.17) is 4.74 Å². The summed E-state index contributed by atoms with van der Waals surface area (Å²) in [5.41, 5.74) is -0.242. The molecule has 0 unspecified atom stereocenters. The molecule has 7 nitrogen and oxygen atoms in total. The monoisotopic (exact) mass is 198 g/mol. The lowest BCUT2D eigenvalue weighted by Gasteiger charge is -2.03. The van der Waals surface area contributed by atoms with Crippen LogP contribution in [-0.2, 0) is 0 Å². The summed E-state index contributed by atoms with van der Waals surface area (Å²) in [6, 6.07) is 0. The van der Waals surface area contributed by atoms with Gasteiger partial charge in [-0.25, -0.2) is 4.98 Å². The lowest BCUT2D eigenvalue weighted by Crippen LogP contribution is -2.04. The molecule has 0 bridgehead atoms. The molecule has 1 rings (SSSR count). The van der Waals surface area contributed by atoms with Crippen LogP contribution in [0.4, 0.5) is 11.6 Å². The maximum atomic E-state index is 10.5. The summed E-state index contributed by atoms with van der Waals surface area (Å²) < 4.78 is 4.76. The zero-order valence-electron chi connectivity index (χ0n) is 7.85. The lowest BCUT2D eigenvalue weighted by atomic mass is 10.5. The minimum Gasteiger partial charge on any atom is -0.476 e. The van der Waals surface area contributed by atoms with Crippen LogP contribution in [0.2, 0.25) is 0 Å². The van der Waals surface area contributed by atoms with E-state index in [1.54, 1.807) is 0 Å². The minimum atomic E-state index is -0.589. The zero-order chi connectivity index (χ0) is 10.6. The second-order valence-corrected chi connectivity index (χ2v) is 2.38. The van der Waals surface area contributed by atoms with Crippen molar-refractivity contribution in [2.24, 2.45) is 0 Å². The fourth-order valence-electron chi connectivity index (χ4n) is 0.879. The van der Waals surface area contributed by atoms with Crippen LogP contribution in [-0.4, -0.2) is 28.5 Å². The Balaban J connectivity index is 3.05. The van der Waals surface area contributed by atoms with Crippen molar-refractivity contribution in [2.45, 2.75) is 6.92 Å². The quantitative estimate of drug-likeness (QED) is 0.569. The van der Waals surface area contributed by atoms with E-state index in [2.05, 4.69) is 15.3 Å². The molecule has 0 saturated heterocycles. The molecule has 0 aromatic carbocycles. The van der Waals surface area contributed by atoms with Crippen molar-refractivity contribution in [1.82, 2.24) is 9.97 Å². The van der Waals surface area contributed by atoms with Gasteiger partial charge < -0.3 is 10.1 Å². The molecule has 14 heavy (non-hydrogen) atoms. The van der Waals surface area contributed by atoms with E-state index in [1.165, 1.54) is 7.11 Å². The SMILES string of the molecule is CCNc1ncc([N+](=O)[O-])c(OC)n1. The number of nitrogens with zero attached hydrogens (tertiary/aromatic N) is 3. The van der Waals surface area contributed by atoms with Crippen molar-refractivity contribution in [1.29, 1.82) is 0 Å².